The lowest BCUT2D eigenvalue weighted by atomic mass is 10.1. The Kier molecular flexibility index (Phi) is 5.54. The number of Topliss-reactive ketones (excluding diaryl/α,β-unsaturated/α-hetero) is 1. The fourth-order valence-electron chi connectivity index (χ4n) is 2.72. The van der Waals surface area contributed by atoms with Crippen molar-refractivity contribution < 1.29 is 9.59 Å². The number of carbonyl (C=O) groups excluding carboxylic acids is 2. The Morgan fingerprint density at radius 3 is 2.33 bits per heavy atom. The Morgan fingerprint density at radius 1 is 1.21 bits per heavy atom. The van der Waals surface area contributed by atoms with Crippen molar-refractivity contribution in [3.63, 3.8) is 0 Å². The molecule has 130 valence electrons. The lowest BCUT2D eigenvalue weighted by Gasteiger charge is -2.15. The number of amides is 1. The Labute approximate surface area is 146 Å². The number of rotatable bonds is 6. The number of aryl methyl sites for hydroxylation is 3. The Bertz CT molecular complexity index is 756. The number of hydrogen-bond acceptors (Lipinski definition) is 5. The first kappa shape index (κ1) is 18.3. The maximum absolute atomic E-state index is 12.4. The third-order valence-electron chi connectivity index (χ3n) is 4.11. The highest BCUT2D eigenvalue weighted by molar-refractivity contribution is 7.11. The molecule has 0 bridgehead atoms. The molecule has 2 rings (SSSR count). The van der Waals surface area contributed by atoms with Crippen molar-refractivity contribution >= 4 is 23.0 Å². The van der Waals surface area contributed by atoms with E-state index < -0.39 is 0 Å². The van der Waals surface area contributed by atoms with E-state index in [9.17, 15) is 9.59 Å². The van der Waals surface area contributed by atoms with E-state index in [2.05, 4.69) is 15.4 Å². The molecule has 0 unspecified atom stereocenters. The average molecular weight is 348 g/mol. The van der Waals surface area contributed by atoms with E-state index in [1.165, 1.54) is 11.8 Å². The van der Waals surface area contributed by atoms with Gasteiger partial charge in [-0.15, -0.1) is 11.3 Å². The molecule has 0 saturated heterocycles. The summed E-state index contributed by atoms with van der Waals surface area (Å²) in [6.07, 6.45) is 0.772. The van der Waals surface area contributed by atoms with Gasteiger partial charge < -0.3 is 5.32 Å². The van der Waals surface area contributed by atoms with Crippen LogP contribution >= 0.6 is 11.3 Å². The Balaban J connectivity index is 2.12. The number of hydrogen-bond donors (Lipinski definition) is 1. The van der Waals surface area contributed by atoms with Gasteiger partial charge in [-0.3, -0.25) is 14.3 Å². The molecule has 2 aromatic heterocycles. The lowest BCUT2D eigenvalue weighted by molar-refractivity contribution is -0.122. The van der Waals surface area contributed by atoms with E-state index in [1.54, 1.807) is 22.9 Å². The molecule has 7 heteroatoms. The first-order valence-electron chi connectivity index (χ1n) is 8.02. The lowest BCUT2D eigenvalue weighted by Crippen LogP contribution is -2.32. The molecule has 2 aromatic rings. The third kappa shape index (κ3) is 3.72. The van der Waals surface area contributed by atoms with Crippen LogP contribution in [0.2, 0.25) is 0 Å². The van der Waals surface area contributed by atoms with Crippen LogP contribution in [0.3, 0.4) is 0 Å². The van der Waals surface area contributed by atoms with E-state index in [0.717, 1.165) is 22.8 Å². The second-order valence-electron chi connectivity index (χ2n) is 5.98. The highest BCUT2D eigenvalue weighted by Crippen LogP contribution is 2.25. The minimum absolute atomic E-state index is 0.0307. The van der Waals surface area contributed by atoms with Gasteiger partial charge in [0.1, 0.15) is 11.6 Å². The van der Waals surface area contributed by atoms with E-state index in [4.69, 9.17) is 0 Å². The molecule has 2 heterocycles. The van der Waals surface area contributed by atoms with E-state index >= 15 is 0 Å². The van der Waals surface area contributed by atoms with Crippen molar-refractivity contribution in [3.05, 3.63) is 32.5 Å². The van der Waals surface area contributed by atoms with Crippen molar-refractivity contribution in [2.45, 2.75) is 60.5 Å². The van der Waals surface area contributed by atoms with Gasteiger partial charge in [-0.05, 0) is 41.0 Å². The second kappa shape index (κ2) is 7.25. The largest absolute Gasteiger partial charge is 0.345 e. The number of nitrogens with one attached hydrogen (secondary N) is 1. The van der Waals surface area contributed by atoms with Gasteiger partial charge in [-0.25, -0.2) is 4.98 Å². The van der Waals surface area contributed by atoms with Gasteiger partial charge in [0.2, 0.25) is 5.91 Å². The van der Waals surface area contributed by atoms with Crippen LogP contribution in [0.4, 0.5) is 0 Å². The molecule has 1 atom stereocenters. The molecule has 1 amide bonds. The van der Waals surface area contributed by atoms with Crippen LogP contribution in [-0.2, 0) is 11.3 Å². The van der Waals surface area contributed by atoms with E-state index in [0.29, 0.717) is 11.3 Å². The van der Waals surface area contributed by atoms with Crippen molar-refractivity contribution in [2.75, 3.05) is 0 Å². The van der Waals surface area contributed by atoms with Gasteiger partial charge in [0.25, 0.3) is 0 Å². The van der Waals surface area contributed by atoms with Gasteiger partial charge in [0.05, 0.1) is 23.0 Å². The van der Waals surface area contributed by atoms with Crippen LogP contribution < -0.4 is 5.32 Å². The fraction of sp³-hybridized carbons (Fsp3) is 0.529. The van der Waals surface area contributed by atoms with Crippen molar-refractivity contribution in [3.8, 4) is 0 Å². The molecule has 0 aliphatic heterocycles. The minimum Gasteiger partial charge on any atom is -0.345 e. The molecule has 24 heavy (non-hydrogen) atoms. The number of nitrogens with zero attached hydrogens (tertiary/aromatic N) is 3. The average Bonchev–Trinajstić information content (AvgIpc) is 2.96. The van der Waals surface area contributed by atoms with Crippen LogP contribution in [0.1, 0.15) is 63.6 Å². The molecular weight excluding hydrogens is 324 g/mol. The zero-order valence-electron chi connectivity index (χ0n) is 15.1. The second-order valence-corrected chi connectivity index (χ2v) is 7.22. The smallest absolute Gasteiger partial charge is 0.242 e. The summed E-state index contributed by atoms with van der Waals surface area (Å²) in [4.78, 5) is 29.8. The third-order valence-corrected chi connectivity index (χ3v) is 5.30. The quantitative estimate of drug-likeness (QED) is 0.814. The molecule has 0 aliphatic rings. The molecular formula is C17H24N4O2S. The van der Waals surface area contributed by atoms with Crippen molar-refractivity contribution in [1.29, 1.82) is 0 Å². The monoisotopic (exact) mass is 348 g/mol. The predicted octanol–water partition coefficient (Wildman–Crippen LogP) is 3.04. The summed E-state index contributed by atoms with van der Waals surface area (Å²) in [5.74, 6) is -0.162. The summed E-state index contributed by atoms with van der Waals surface area (Å²) >= 11 is 1.62. The maximum atomic E-state index is 12.4. The maximum Gasteiger partial charge on any atom is 0.242 e. The number of ketones is 1. The van der Waals surface area contributed by atoms with Crippen LogP contribution in [-0.4, -0.2) is 26.5 Å². The van der Waals surface area contributed by atoms with Crippen LogP contribution in [0.5, 0.6) is 0 Å². The molecule has 0 fully saturated rings. The minimum atomic E-state index is -0.131. The highest BCUT2D eigenvalue weighted by atomic mass is 32.1. The summed E-state index contributed by atoms with van der Waals surface area (Å²) < 4.78 is 1.59. The first-order chi connectivity index (χ1) is 11.2. The van der Waals surface area contributed by atoms with Gasteiger partial charge >= 0.3 is 0 Å². The highest BCUT2D eigenvalue weighted by Gasteiger charge is 2.20. The van der Waals surface area contributed by atoms with E-state index in [1.807, 2.05) is 27.7 Å². The molecule has 0 spiro atoms. The van der Waals surface area contributed by atoms with Gasteiger partial charge in [0, 0.05) is 10.6 Å². The molecule has 6 nitrogen and oxygen atoms in total. The summed E-state index contributed by atoms with van der Waals surface area (Å²) in [6.45, 7) is 11.2. The topological polar surface area (TPSA) is 76.9 Å². The zero-order chi connectivity index (χ0) is 18.0. The zero-order valence-corrected chi connectivity index (χ0v) is 15.9. The summed E-state index contributed by atoms with van der Waals surface area (Å²) in [7, 11) is 0. The summed E-state index contributed by atoms with van der Waals surface area (Å²) in [6, 6.07) is -0.0980. The van der Waals surface area contributed by atoms with Gasteiger partial charge in [0.15, 0.2) is 5.78 Å². The molecule has 0 aliphatic carbocycles. The van der Waals surface area contributed by atoms with Gasteiger partial charge in [-0.2, -0.15) is 5.10 Å². The summed E-state index contributed by atoms with van der Waals surface area (Å²) in [5, 5.41) is 8.27. The van der Waals surface area contributed by atoms with Crippen molar-refractivity contribution in [2.24, 2.45) is 0 Å². The standard InChI is InChI=1S/C17H24N4O2S/c1-7-14(17-18-9(2)13(6)24-17)19-15(23)8-21-11(4)16(12(5)22)10(3)20-21/h14H,7-8H2,1-6H3,(H,19,23)/t14-/m0/s1. The fourth-order valence-corrected chi connectivity index (χ4v) is 3.78. The van der Waals surface area contributed by atoms with Crippen LogP contribution in [0.25, 0.3) is 0 Å². The number of carbonyl (C=O) groups is 2. The molecule has 1 N–H and O–H groups in total. The SMILES string of the molecule is CC[C@H](NC(=O)Cn1nc(C)c(C(C)=O)c1C)c1nc(C)c(C)s1. The molecule has 0 radical (unpaired) electrons. The van der Waals surface area contributed by atoms with E-state index in [-0.39, 0.29) is 24.3 Å². The van der Waals surface area contributed by atoms with Gasteiger partial charge in [-0.1, -0.05) is 6.92 Å². The number of aromatic nitrogens is 3. The normalized spacial score (nSPS) is 12.2. The number of thiazole rings is 1. The van der Waals surface area contributed by atoms with Crippen molar-refractivity contribution in [1.82, 2.24) is 20.1 Å². The molecule has 0 aromatic carbocycles. The Morgan fingerprint density at radius 2 is 1.88 bits per heavy atom. The molecule has 0 saturated carbocycles. The van der Waals surface area contributed by atoms with Crippen LogP contribution in [0, 0.1) is 27.7 Å². The predicted molar refractivity (Wildman–Crippen MR) is 94.5 cm³/mol. The summed E-state index contributed by atoms with van der Waals surface area (Å²) in [5.41, 5.74) is 2.99. The Hall–Kier alpha value is -2.02. The van der Waals surface area contributed by atoms with Crippen LogP contribution in [0.15, 0.2) is 0 Å². The first-order valence-corrected chi connectivity index (χ1v) is 8.84.